The molecule has 0 aliphatic heterocycles. The van der Waals surface area contributed by atoms with E-state index < -0.39 is 0 Å². The highest BCUT2D eigenvalue weighted by molar-refractivity contribution is 4.91. The van der Waals surface area contributed by atoms with Gasteiger partial charge in [0.25, 0.3) is 0 Å². The highest BCUT2D eigenvalue weighted by atomic mass is 14.7. The second kappa shape index (κ2) is 3.00. The molecule has 0 aromatic rings. The van der Waals surface area contributed by atoms with Crippen molar-refractivity contribution >= 4 is 0 Å². The van der Waals surface area contributed by atoms with Crippen LogP contribution in [0.25, 0.3) is 0 Å². The molecule has 0 aromatic heterocycles. The summed E-state index contributed by atoms with van der Waals surface area (Å²) in [6.07, 6.45) is 3.71. The fraction of sp³-hybridized carbons (Fsp3) is 1.00. The van der Waals surface area contributed by atoms with E-state index >= 15 is 0 Å². The van der Waals surface area contributed by atoms with Gasteiger partial charge in [-0.2, -0.15) is 0 Å². The minimum atomic E-state index is 0.341. The Morgan fingerprint density at radius 1 is 1.33 bits per heavy atom. The molecule has 2 nitrogen and oxygen atoms in total. The number of hydrogen-bond acceptors (Lipinski definition) is 1. The quantitative estimate of drug-likeness (QED) is 0.601. The summed E-state index contributed by atoms with van der Waals surface area (Å²) in [7, 11) is 0. The average Bonchev–Trinajstić information content (AvgIpc) is 1.82. The van der Waals surface area contributed by atoms with E-state index in [2.05, 4.69) is 26.5 Å². The molecule has 5 N–H and O–H groups in total. The van der Waals surface area contributed by atoms with Crippen LogP contribution in [0, 0.1) is 10.8 Å². The van der Waals surface area contributed by atoms with Gasteiger partial charge in [0.05, 0.1) is 6.04 Å². The molecule has 2 heteroatoms. The minimum absolute atomic E-state index is 0.341. The molecule has 0 bridgehead atoms. The highest BCUT2D eigenvalue weighted by Gasteiger charge is 2.40. The van der Waals surface area contributed by atoms with Crippen LogP contribution in [0.4, 0.5) is 0 Å². The van der Waals surface area contributed by atoms with Crippen LogP contribution in [0.15, 0.2) is 0 Å². The number of rotatable bonds is 1. The molecular weight excluding hydrogens is 148 g/mol. The van der Waals surface area contributed by atoms with Gasteiger partial charge in [0.15, 0.2) is 0 Å². The van der Waals surface area contributed by atoms with E-state index in [1.54, 1.807) is 0 Å². The Labute approximate surface area is 75.7 Å². The maximum atomic E-state index is 5.79. The van der Waals surface area contributed by atoms with Crippen LogP contribution < -0.4 is 11.5 Å². The summed E-state index contributed by atoms with van der Waals surface area (Å²) in [4.78, 5) is 0. The van der Waals surface area contributed by atoms with Gasteiger partial charge in [0.1, 0.15) is 0 Å². The van der Waals surface area contributed by atoms with Crippen molar-refractivity contribution in [1.82, 2.24) is 0 Å². The Morgan fingerprint density at radius 3 is 2.33 bits per heavy atom. The molecule has 1 rings (SSSR count). The first kappa shape index (κ1) is 10.0. The van der Waals surface area contributed by atoms with Gasteiger partial charge < -0.3 is 11.5 Å². The van der Waals surface area contributed by atoms with Crippen LogP contribution in [0.3, 0.4) is 0 Å². The molecule has 0 saturated heterocycles. The fourth-order valence-corrected chi connectivity index (χ4v) is 3.01. The summed E-state index contributed by atoms with van der Waals surface area (Å²) in [5, 5.41) is 0. The Morgan fingerprint density at radius 2 is 1.92 bits per heavy atom. The van der Waals surface area contributed by atoms with Crippen LogP contribution in [0.5, 0.6) is 0 Å². The van der Waals surface area contributed by atoms with Crippen molar-refractivity contribution in [2.24, 2.45) is 16.6 Å². The lowest BCUT2D eigenvalue weighted by Gasteiger charge is -2.43. The normalized spacial score (nSPS) is 41.2. The standard InChI is InChI=1S/C10H22N2/c1-9(2)4-8(12)5-10(3,6-9)7-11/h8H,4-7,11-12H2,1-3H3/p+1. The van der Waals surface area contributed by atoms with E-state index in [1.165, 1.54) is 19.3 Å². The lowest BCUT2D eigenvalue weighted by Crippen LogP contribution is -2.66. The Bertz CT molecular complexity index is 165. The van der Waals surface area contributed by atoms with E-state index in [0.29, 0.717) is 16.9 Å². The molecular formula is C10H23N2+. The van der Waals surface area contributed by atoms with Gasteiger partial charge in [-0.15, -0.1) is 0 Å². The number of quaternary nitrogens is 1. The van der Waals surface area contributed by atoms with Crippen molar-refractivity contribution in [3.8, 4) is 0 Å². The molecule has 1 saturated carbocycles. The molecule has 0 amide bonds. The molecule has 1 aliphatic carbocycles. The van der Waals surface area contributed by atoms with Crippen molar-refractivity contribution in [1.29, 1.82) is 0 Å². The predicted octanol–water partition coefficient (Wildman–Crippen LogP) is 0.772. The third-order valence-corrected chi connectivity index (χ3v) is 3.02. The van der Waals surface area contributed by atoms with Gasteiger partial charge in [0.2, 0.25) is 0 Å². The Kier molecular flexibility index (Phi) is 2.50. The third-order valence-electron chi connectivity index (χ3n) is 3.02. The summed E-state index contributed by atoms with van der Waals surface area (Å²) in [5.74, 6) is 0. The monoisotopic (exact) mass is 171 g/mol. The van der Waals surface area contributed by atoms with E-state index in [1.807, 2.05) is 0 Å². The van der Waals surface area contributed by atoms with E-state index in [9.17, 15) is 0 Å². The highest BCUT2D eigenvalue weighted by Crippen LogP contribution is 2.44. The Balaban J connectivity index is 2.70. The summed E-state index contributed by atoms with van der Waals surface area (Å²) in [6.45, 7) is 7.77. The van der Waals surface area contributed by atoms with Crippen molar-refractivity contribution in [3.05, 3.63) is 0 Å². The van der Waals surface area contributed by atoms with Crippen LogP contribution >= 0.6 is 0 Å². The maximum Gasteiger partial charge on any atom is 0.0854 e. The van der Waals surface area contributed by atoms with Gasteiger partial charge in [-0.1, -0.05) is 20.8 Å². The third kappa shape index (κ3) is 2.20. The Hall–Kier alpha value is -0.0800. The molecule has 0 spiro atoms. The average molecular weight is 171 g/mol. The summed E-state index contributed by atoms with van der Waals surface area (Å²) in [5.41, 5.74) is 10.8. The molecule has 0 aromatic carbocycles. The van der Waals surface area contributed by atoms with Crippen LogP contribution in [0.1, 0.15) is 40.0 Å². The summed E-state index contributed by atoms with van der Waals surface area (Å²) in [6, 6.07) is 0.599. The molecule has 2 atom stereocenters. The lowest BCUT2D eigenvalue weighted by molar-refractivity contribution is -0.436. The zero-order chi connectivity index (χ0) is 9.41. The second-order valence-electron chi connectivity index (χ2n) is 5.63. The van der Waals surface area contributed by atoms with E-state index in [-0.39, 0.29) is 0 Å². The van der Waals surface area contributed by atoms with Gasteiger partial charge in [-0.3, -0.25) is 0 Å². The van der Waals surface area contributed by atoms with Gasteiger partial charge in [0, 0.05) is 12.8 Å². The molecule has 12 heavy (non-hydrogen) atoms. The fourth-order valence-electron chi connectivity index (χ4n) is 3.01. The molecule has 0 heterocycles. The van der Waals surface area contributed by atoms with E-state index in [0.717, 1.165) is 6.54 Å². The molecule has 72 valence electrons. The molecule has 2 unspecified atom stereocenters. The van der Waals surface area contributed by atoms with Crippen LogP contribution in [-0.4, -0.2) is 12.6 Å². The predicted molar refractivity (Wildman–Crippen MR) is 51.5 cm³/mol. The van der Waals surface area contributed by atoms with Gasteiger partial charge in [-0.05, 0) is 23.8 Å². The molecule has 1 fully saturated rings. The molecule has 1 aliphatic rings. The number of hydrogen-bond donors (Lipinski definition) is 2. The van der Waals surface area contributed by atoms with Gasteiger partial charge >= 0.3 is 0 Å². The zero-order valence-electron chi connectivity index (χ0n) is 8.69. The van der Waals surface area contributed by atoms with Crippen molar-refractivity contribution in [2.45, 2.75) is 46.1 Å². The first-order valence-electron chi connectivity index (χ1n) is 4.90. The lowest BCUT2D eigenvalue weighted by atomic mass is 9.63. The van der Waals surface area contributed by atoms with Gasteiger partial charge in [-0.25, -0.2) is 0 Å². The van der Waals surface area contributed by atoms with Crippen molar-refractivity contribution in [3.63, 3.8) is 0 Å². The van der Waals surface area contributed by atoms with Crippen molar-refractivity contribution < 1.29 is 5.73 Å². The summed E-state index contributed by atoms with van der Waals surface area (Å²) >= 11 is 0. The smallest absolute Gasteiger partial charge is 0.0854 e. The zero-order valence-corrected chi connectivity index (χ0v) is 8.69. The summed E-state index contributed by atoms with van der Waals surface area (Å²) < 4.78 is 0. The minimum Gasteiger partial charge on any atom is -0.355 e. The first-order chi connectivity index (χ1) is 5.37. The second-order valence-corrected chi connectivity index (χ2v) is 5.63. The number of nitrogens with two attached hydrogens (primary N) is 1. The largest absolute Gasteiger partial charge is 0.355 e. The maximum absolute atomic E-state index is 5.79. The SMILES string of the molecule is CC1(C)CC([NH3+])CC(C)(CN)C1. The topological polar surface area (TPSA) is 53.7 Å². The first-order valence-corrected chi connectivity index (χ1v) is 4.90. The van der Waals surface area contributed by atoms with Crippen molar-refractivity contribution in [2.75, 3.05) is 6.54 Å². The van der Waals surface area contributed by atoms with E-state index in [4.69, 9.17) is 5.73 Å². The van der Waals surface area contributed by atoms with Crippen LogP contribution in [-0.2, 0) is 0 Å². The van der Waals surface area contributed by atoms with Crippen LogP contribution in [0.2, 0.25) is 0 Å². The molecule has 0 radical (unpaired) electrons.